The second-order valence-electron chi connectivity index (χ2n) is 5.17. The molecule has 9 heteroatoms. The van der Waals surface area contributed by atoms with Gasteiger partial charge in [-0.25, -0.2) is 14.6 Å². The molecule has 0 saturated heterocycles. The predicted octanol–water partition coefficient (Wildman–Crippen LogP) is 3.66. The number of nitrogens with one attached hydrogen (secondary N) is 1. The van der Waals surface area contributed by atoms with Crippen molar-refractivity contribution in [1.82, 2.24) is 5.43 Å². The number of phenolic OH excluding ortho intramolecular Hbond substituents is 1. The van der Waals surface area contributed by atoms with Crippen molar-refractivity contribution < 1.29 is 32.2 Å². The molecular formula is C16H10F4N2O3. The van der Waals surface area contributed by atoms with Crippen LogP contribution in [0.3, 0.4) is 0 Å². The van der Waals surface area contributed by atoms with E-state index >= 15 is 0 Å². The summed E-state index contributed by atoms with van der Waals surface area (Å²) >= 11 is 0. The zero-order valence-corrected chi connectivity index (χ0v) is 12.4. The lowest BCUT2D eigenvalue weighted by molar-refractivity contribution is -0.137. The van der Waals surface area contributed by atoms with Crippen LogP contribution in [0.25, 0.3) is 11.1 Å². The van der Waals surface area contributed by atoms with Crippen molar-refractivity contribution in [2.24, 2.45) is 5.10 Å². The summed E-state index contributed by atoms with van der Waals surface area (Å²) in [4.78, 5) is 10.9. The molecular weight excluding hydrogens is 344 g/mol. The summed E-state index contributed by atoms with van der Waals surface area (Å²) in [5.74, 6) is -1.68. The van der Waals surface area contributed by atoms with Gasteiger partial charge in [-0.1, -0.05) is 18.2 Å². The van der Waals surface area contributed by atoms with Crippen LogP contribution >= 0.6 is 0 Å². The molecule has 2 N–H and O–H groups in total. The highest BCUT2D eigenvalue weighted by Gasteiger charge is 2.34. The van der Waals surface area contributed by atoms with E-state index < -0.39 is 29.4 Å². The Balaban J connectivity index is 2.10. The van der Waals surface area contributed by atoms with E-state index in [1.54, 1.807) is 0 Å². The number of phenols is 1. The zero-order valence-electron chi connectivity index (χ0n) is 12.4. The molecule has 0 aliphatic carbocycles. The molecule has 0 fully saturated rings. The Hall–Kier alpha value is -3.10. The molecule has 0 atom stereocenters. The van der Waals surface area contributed by atoms with Crippen LogP contribution in [0.2, 0.25) is 0 Å². The van der Waals surface area contributed by atoms with E-state index in [1.807, 2.05) is 5.43 Å². The van der Waals surface area contributed by atoms with Crippen molar-refractivity contribution in [2.75, 3.05) is 6.61 Å². The molecule has 0 radical (unpaired) electrons. The van der Waals surface area contributed by atoms with Crippen molar-refractivity contribution in [3.63, 3.8) is 0 Å². The molecule has 25 heavy (non-hydrogen) atoms. The predicted molar refractivity (Wildman–Crippen MR) is 79.5 cm³/mol. The van der Waals surface area contributed by atoms with Crippen LogP contribution in [0.5, 0.6) is 5.75 Å². The third kappa shape index (κ3) is 3.39. The van der Waals surface area contributed by atoms with Gasteiger partial charge in [0.1, 0.15) is 12.3 Å². The number of cyclic esters (lactones) is 1. The first-order valence-corrected chi connectivity index (χ1v) is 6.95. The maximum atomic E-state index is 13.4. The number of hydrogen-bond donors (Lipinski definition) is 2. The summed E-state index contributed by atoms with van der Waals surface area (Å²) in [5.41, 5.74) is 1.05. The molecule has 5 nitrogen and oxygen atoms in total. The number of carbonyl (C=O) groups excluding carboxylic acids is 1. The third-order valence-electron chi connectivity index (χ3n) is 3.54. The van der Waals surface area contributed by atoms with E-state index in [-0.39, 0.29) is 29.0 Å². The van der Waals surface area contributed by atoms with Gasteiger partial charge in [-0.15, -0.1) is 0 Å². The lowest BCUT2D eigenvalue weighted by Crippen LogP contribution is -2.30. The molecule has 0 aromatic heterocycles. The molecule has 2 aromatic rings. The molecule has 0 saturated carbocycles. The topological polar surface area (TPSA) is 70.9 Å². The number of ether oxygens (including phenoxy) is 1. The lowest BCUT2D eigenvalue weighted by Gasteiger charge is -2.17. The zero-order chi connectivity index (χ0) is 18.2. The summed E-state index contributed by atoms with van der Waals surface area (Å²) in [5, 5.41) is 13.1. The first-order valence-electron chi connectivity index (χ1n) is 6.95. The van der Waals surface area contributed by atoms with E-state index in [1.165, 1.54) is 12.1 Å². The maximum absolute atomic E-state index is 13.4. The number of nitrogens with zero attached hydrogens (tertiary/aromatic N) is 1. The second kappa shape index (κ2) is 6.08. The number of rotatable bonds is 2. The average Bonchev–Trinajstić information content (AvgIpc) is 2.57. The van der Waals surface area contributed by atoms with Gasteiger partial charge < -0.3 is 9.84 Å². The summed E-state index contributed by atoms with van der Waals surface area (Å²) in [6.45, 7) is -0.264. The van der Waals surface area contributed by atoms with E-state index in [0.717, 1.165) is 24.3 Å². The normalized spacial score (nSPS) is 14.6. The number of carbonyl (C=O) groups is 1. The summed E-state index contributed by atoms with van der Waals surface area (Å²) in [7, 11) is 0. The van der Waals surface area contributed by atoms with Gasteiger partial charge in [0.05, 0.1) is 5.56 Å². The molecule has 3 rings (SSSR count). The van der Waals surface area contributed by atoms with Crippen LogP contribution in [-0.4, -0.2) is 23.5 Å². The van der Waals surface area contributed by atoms with Gasteiger partial charge >= 0.3 is 12.3 Å². The second-order valence-corrected chi connectivity index (χ2v) is 5.17. The van der Waals surface area contributed by atoms with Gasteiger partial charge in [0, 0.05) is 5.56 Å². The number of alkyl halides is 3. The van der Waals surface area contributed by atoms with Gasteiger partial charge in [0.2, 0.25) is 0 Å². The monoisotopic (exact) mass is 354 g/mol. The Labute approximate surface area is 138 Å². The Morgan fingerprint density at radius 3 is 2.44 bits per heavy atom. The van der Waals surface area contributed by atoms with Crippen molar-refractivity contribution in [3.8, 4) is 16.9 Å². The first-order chi connectivity index (χ1) is 11.8. The van der Waals surface area contributed by atoms with Gasteiger partial charge in [0.25, 0.3) is 0 Å². The SMILES string of the molecule is O=C1NN=C(c2ccc(-c3ccc(F)c(O)c3)c(C(F)(F)F)c2)CO1. The lowest BCUT2D eigenvalue weighted by atomic mass is 9.95. The van der Waals surface area contributed by atoms with E-state index in [2.05, 4.69) is 9.84 Å². The Morgan fingerprint density at radius 2 is 1.84 bits per heavy atom. The molecule has 0 unspecified atom stereocenters. The van der Waals surface area contributed by atoms with Crippen LogP contribution in [0.4, 0.5) is 22.4 Å². The molecule has 0 bridgehead atoms. The minimum atomic E-state index is -4.70. The fourth-order valence-corrected chi connectivity index (χ4v) is 2.35. The quantitative estimate of drug-likeness (QED) is 0.809. The standard InChI is InChI=1S/C16H10F4N2O3/c17-12-4-2-8(6-14(12)23)10-3-1-9(5-11(10)16(18,19)20)13-7-25-15(24)22-21-13/h1-6,23H,7H2,(H,22,24). The van der Waals surface area contributed by atoms with Gasteiger partial charge in [-0.3, -0.25) is 0 Å². The number of hydrazone groups is 1. The van der Waals surface area contributed by atoms with Gasteiger partial charge in [-0.05, 0) is 29.3 Å². The van der Waals surface area contributed by atoms with Crippen LogP contribution in [-0.2, 0) is 10.9 Å². The smallest absolute Gasteiger partial charge is 0.428 e. The number of halogens is 4. The minimum Gasteiger partial charge on any atom is -0.505 e. The number of aromatic hydroxyl groups is 1. The minimum absolute atomic E-state index is 0.00732. The highest BCUT2D eigenvalue weighted by atomic mass is 19.4. The third-order valence-corrected chi connectivity index (χ3v) is 3.54. The largest absolute Gasteiger partial charge is 0.505 e. The molecule has 1 heterocycles. The molecule has 0 spiro atoms. The summed E-state index contributed by atoms with van der Waals surface area (Å²) < 4.78 is 58.2. The van der Waals surface area contributed by atoms with E-state index in [0.29, 0.717) is 0 Å². The maximum Gasteiger partial charge on any atom is 0.428 e. The first kappa shape index (κ1) is 16.7. The number of amides is 1. The van der Waals surface area contributed by atoms with E-state index in [9.17, 15) is 27.5 Å². The fraction of sp³-hybridized carbons (Fsp3) is 0.125. The fourth-order valence-electron chi connectivity index (χ4n) is 2.35. The highest BCUT2D eigenvalue weighted by Crippen LogP contribution is 2.39. The average molecular weight is 354 g/mol. The number of hydrogen-bond acceptors (Lipinski definition) is 4. The van der Waals surface area contributed by atoms with E-state index in [4.69, 9.17) is 0 Å². The van der Waals surface area contributed by atoms with Crippen molar-refractivity contribution in [3.05, 3.63) is 53.3 Å². The molecule has 1 aliphatic rings. The molecule has 2 aromatic carbocycles. The van der Waals surface area contributed by atoms with Gasteiger partial charge in [-0.2, -0.15) is 18.3 Å². The van der Waals surface area contributed by atoms with Crippen molar-refractivity contribution >= 4 is 11.8 Å². The Morgan fingerprint density at radius 1 is 1.12 bits per heavy atom. The Kier molecular flexibility index (Phi) is 4.07. The van der Waals surface area contributed by atoms with Crippen LogP contribution < -0.4 is 5.43 Å². The number of benzene rings is 2. The van der Waals surface area contributed by atoms with Crippen LogP contribution in [0, 0.1) is 5.82 Å². The van der Waals surface area contributed by atoms with Crippen LogP contribution in [0.15, 0.2) is 41.5 Å². The van der Waals surface area contributed by atoms with Crippen molar-refractivity contribution in [1.29, 1.82) is 0 Å². The van der Waals surface area contributed by atoms with Gasteiger partial charge in [0.15, 0.2) is 11.6 Å². The Bertz CT molecular complexity index is 878. The summed E-state index contributed by atoms with van der Waals surface area (Å²) in [6, 6.07) is 6.35. The summed E-state index contributed by atoms with van der Waals surface area (Å²) in [6.07, 6.45) is -5.49. The molecule has 1 aliphatic heterocycles. The highest BCUT2D eigenvalue weighted by molar-refractivity contribution is 6.04. The molecule has 130 valence electrons. The molecule has 1 amide bonds. The van der Waals surface area contributed by atoms with Crippen molar-refractivity contribution in [2.45, 2.75) is 6.18 Å². The van der Waals surface area contributed by atoms with Crippen LogP contribution in [0.1, 0.15) is 11.1 Å².